The number of carbonyl (C=O) groups excluding carboxylic acids is 2. The molecule has 5 nitrogen and oxygen atoms in total. The molecular weight excluding hydrogens is 268 g/mol. The van der Waals surface area contributed by atoms with Crippen LogP contribution in [0.2, 0.25) is 0 Å². The summed E-state index contributed by atoms with van der Waals surface area (Å²) in [5.41, 5.74) is 4.87. The van der Waals surface area contributed by atoms with Gasteiger partial charge in [0, 0.05) is 6.54 Å². The van der Waals surface area contributed by atoms with Gasteiger partial charge in [-0.3, -0.25) is 9.59 Å². The molecule has 112 valence electrons. The summed E-state index contributed by atoms with van der Waals surface area (Å²) in [4.78, 5) is 26.1. The first-order chi connectivity index (χ1) is 10.1. The van der Waals surface area contributed by atoms with E-state index >= 15 is 0 Å². The molecule has 1 aliphatic carbocycles. The highest BCUT2D eigenvalue weighted by molar-refractivity contribution is 5.92. The van der Waals surface area contributed by atoms with Gasteiger partial charge in [0.2, 0.25) is 5.91 Å². The summed E-state index contributed by atoms with van der Waals surface area (Å²) in [7, 11) is 0. The van der Waals surface area contributed by atoms with Gasteiger partial charge in [0.1, 0.15) is 11.3 Å². The summed E-state index contributed by atoms with van der Waals surface area (Å²) >= 11 is 0. The third-order valence-corrected chi connectivity index (χ3v) is 4.51. The van der Waals surface area contributed by atoms with Crippen LogP contribution in [0.1, 0.15) is 25.7 Å². The van der Waals surface area contributed by atoms with Gasteiger partial charge in [0.25, 0.3) is 5.91 Å². The molecule has 1 heterocycles. The Hall–Kier alpha value is -2.04. The van der Waals surface area contributed by atoms with Crippen molar-refractivity contribution in [2.75, 3.05) is 13.2 Å². The number of primary amides is 1. The molecule has 2 N–H and O–H groups in total. The van der Waals surface area contributed by atoms with Gasteiger partial charge in [-0.15, -0.1) is 0 Å². The fourth-order valence-corrected chi connectivity index (χ4v) is 3.37. The van der Waals surface area contributed by atoms with E-state index in [0.29, 0.717) is 18.7 Å². The highest BCUT2D eigenvalue weighted by atomic mass is 16.5. The number of ether oxygens (including phenoxy) is 1. The molecule has 2 aliphatic rings. The molecule has 3 rings (SSSR count). The lowest BCUT2D eigenvalue weighted by Crippen LogP contribution is -2.58. The van der Waals surface area contributed by atoms with Crippen LogP contribution >= 0.6 is 0 Å². The monoisotopic (exact) mass is 288 g/mol. The molecule has 1 unspecified atom stereocenters. The number of nitrogens with zero attached hydrogens (tertiary/aromatic N) is 1. The van der Waals surface area contributed by atoms with Gasteiger partial charge in [0.05, 0.1) is 0 Å². The van der Waals surface area contributed by atoms with Crippen LogP contribution in [0.5, 0.6) is 5.75 Å². The molecule has 0 bridgehead atoms. The standard InChI is InChI=1S/C16H20N2O3/c17-15(20)16(12-7-8-12)9-4-10-18(16)14(19)11-21-13-5-2-1-3-6-13/h1-3,5-6,12H,4,7-11H2,(H2,17,20). The van der Waals surface area contributed by atoms with E-state index in [-0.39, 0.29) is 24.3 Å². The lowest BCUT2D eigenvalue weighted by molar-refractivity contribution is -0.146. The number of rotatable bonds is 5. The minimum Gasteiger partial charge on any atom is -0.484 e. The van der Waals surface area contributed by atoms with Crippen molar-refractivity contribution in [1.82, 2.24) is 4.90 Å². The lowest BCUT2D eigenvalue weighted by Gasteiger charge is -2.36. The van der Waals surface area contributed by atoms with Crippen LogP contribution < -0.4 is 10.5 Å². The van der Waals surface area contributed by atoms with Crippen molar-refractivity contribution in [3.05, 3.63) is 30.3 Å². The quantitative estimate of drug-likeness (QED) is 0.888. The number of para-hydroxylation sites is 1. The zero-order chi connectivity index (χ0) is 14.9. The van der Waals surface area contributed by atoms with E-state index in [2.05, 4.69) is 0 Å². The third-order valence-electron chi connectivity index (χ3n) is 4.51. The van der Waals surface area contributed by atoms with Crippen molar-refractivity contribution in [3.63, 3.8) is 0 Å². The molecule has 0 spiro atoms. The Bertz CT molecular complexity index is 542. The minimum absolute atomic E-state index is 0.0498. The molecule has 1 aliphatic heterocycles. The van der Waals surface area contributed by atoms with Crippen LogP contribution in [0, 0.1) is 5.92 Å². The van der Waals surface area contributed by atoms with E-state index in [4.69, 9.17) is 10.5 Å². The Morgan fingerprint density at radius 2 is 2.00 bits per heavy atom. The van der Waals surface area contributed by atoms with E-state index in [1.807, 2.05) is 18.2 Å². The van der Waals surface area contributed by atoms with Gasteiger partial charge in [-0.2, -0.15) is 0 Å². The van der Waals surface area contributed by atoms with E-state index in [1.54, 1.807) is 17.0 Å². The minimum atomic E-state index is -0.767. The first kappa shape index (κ1) is 13.9. The number of hydrogen-bond acceptors (Lipinski definition) is 3. The summed E-state index contributed by atoms with van der Waals surface area (Å²) in [6.07, 6.45) is 3.47. The number of hydrogen-bond donors (Lipinski definition) is 1. The average Bonchev–Trinajstić information content (AvgIpc) is 3.25. The SMILES string of the molecule is NC(=O)C1(C2CC2)CCCN1C(=O)COc1ccccc1. The molecule has 5 heteroatoms. The number of nitrogens with two attached hydrogens (primary N) is 1. The summed E-state index contributed by atoms with van der Waals surface area (Å²) in [5.74, 6) is 0.372. The maximum Gasteiger partial charge on any atom is 0.261 e. The Morgan fingerprint density at radius 3 is 2.62 bits per heavy atom. The highest BCUT2D eigenvalue weighted by Crippen LogP contribution is 2.48. The van der Waals surface area contributed by atoms with Crippen LogP contribution in [0.4, 0.5) is 0 Å². The summed E-state index contributed by atoms with van der Waals surface area (Å²) in [6, 6.07) is 9.21. The van der Waals surface area contributed by atoms with Crippen molar-refractivity contribution in [2.24, 2.45) is 11.7 Å². The fourth-order valence-electron chi connectivity index (χ4n) is 3.37. The number of benzene rings is 1. The molecule has 1 atom stereocenters. The van der Waals surface area contributed by atoms with Crippen molar-refractivity contribution in [2.45, 2.75) is 31.2 Å². The topological polar surface area (TPSA) is 72.6 Å². The predicted octanol–water partition coefficient (Wildman–Crippen LogP) is 1.32. The normalized spacial score (nSPS) is 24.9. The number of likely N-dealkylation sites (tertiary alicyclic amines) is 1. The Kier molecular flexibility index (Phi) is 3.57. The first-order valence-corrected chi connectivity index (χ1v) is 7.43. The Balaban J connectivity index is 1.70. The Labute approximate surface area is 124 Å². The molecule has 0 radical (unpaired) electrons. The van der Waals surface area contributed by atoms with E-state index in [9.17, 15) is 9.59 Å². The molecule has 2 fully saturated rings. The summed E-state index contributed by atoms with van der Waals surface area (Å²) in [6.45, 7) is 0.544. The maximum absolute atomic E-state index is 12.5. The van der Waals surface area contributed by atoms with Gasteiger partial charge in [0.15, 0.2) is 6.61 Å². The Morgan fingerprint density at radius 1 is 1.29 bits per heavy atom. The van der Waals surface area contributed by atoms with Crippen LogP contribution in [-0.2, 0) is 9.59 Å². The van der Waals surface area contributed by atoms with Crippen LogP contribution in [0.15, 0.2) is 30.3 Å². The molecular formula is C16H20N2O3. The summed E-state index contributed by atoms with van der Waals surface area (Å²) in [5, 5.41) is 0. The van der Waals surface area contributed by atoms with Gasteiger partial charge in [-0.1, -0.05) is 18.2 Å². The van der Waals surface area contributed by atoms with E-state index in [0.717, 1.165) is 19.3 Å². The molecule has 0 aromatic heterocycles. The van der Waals surface area contributed by atoms with Crippen LogP contribution in [-0.4, -0.2) is 35.4 Å². The van der Waals surface area contributed by atoms with E-state index in [1.165, 1.54) is 0 Å². The molecule has 1 saturated heterocycles. The zero-order valence-electron chi connectivity index (χ0n) is 12.0. The maximum atomic E-state index is 12.5. The number of carbonyl (C=O) groups is 2. The van der Waals surface area contributed by atoms with Gasteiger partial charge in [-0.25, -0.2) is 0 Å². The van der Waals surface area contributed by atoms with Crippen molar-refractivity contribution in [1.29, 1.82) is 0 Å². The zero-order valence-corrected chi connectivity index (χ0v) is 12.0. The highest BCUT2D eigenvalue weighted by Gasteiger charge is 2.57. The molecule has 1 saturated carbocycles. The summed E-state index contributed by atoms with van der Waals surface area (Å²) < 4.78 is 5.51. The van der Waals surface area contributed by atoms with Crippen molar-refractivity contribution >= 4 is 11.8 Å². The largest absolute Gasteiger partial charge is 0.484 e. The molecule has 1 aromatic carbocycles. The van der Waals surface area contributed by atoms with Crippen molar-refractivity contribution < 1.29 is 14.3 Å². The van der Waals surface area contributed by atoms with Gasteiger partial charge < -0.3 is 15.4 Å². The number of amides is 2. The molecule has 2 amide bonds. The average molecular weight is 288 g/mol. The van der Waals surface area contributed by atoms with E-state index < -0.39 is 5.54 Å². The van der Waals surface area contributed by atoms with Crippen LogP contribution in [0.25, 0.3) is 0 Å². The predicted molar refractivity (Wildman–Crippen MR) is 77.5 cm³/mol. The molecule has 21 heavy (non-hydrogen) atoms. The van der Waals surface area contributed by atoms with Gasteiger partial charge >= 0.3 is 0 Å². The lowest BCUT2D eigenvalue weighted by atomic mass is 9.89. The smallest absolute Gasteiger partial charge is 0.261 e. The second-order valence-corrected chi connectivity index (χ2v) is 5.81. The first-order valence-electron chi connectivity index (χ1n) is 7.43. The fraction of sp³-hybridized carbons (Fsp3) is 0.500. The van der Waals surface area contributed by atoms with Crippen LogP contribution in [0.3, 0.4) is 0 Å². The molecule has 1 aromatic rings. The van der Waals surface area contributed by atoms with Crippen molar-refractivity contribution in [3.8, 4) is 5.75 Å². The second-order valence-electron chi connectivity index (χ2n) is 5.81. The third kappa shape index (κ3) is 2.48. The second kappa shape index (κ2) is 5.39. The van der Waals surface area contributed by atoms with Gasteiger partial charge in [-0.05, 0) is 43.7 Å².